The molecule has 0 spiro atoms. The van der Waals surface area contributed by atoms with Gasteiger partial charge in [0.1, 0.15) is 23.0 Å². The first-order valence-corrected chi connectivity index (χ1v) is 9.38. The van der Waals surface area contributed by atoms with Crippen LogP contribution in [0.4, 0.5) is 11.6 Å². The molecule has 1 N–H and O–H groups in total. The van der Waals surface area contributed by atoms with Gasteiger partial charge < -0.3 is 10.2 Å². The number of carbonyl (C=O) groups excluding carboxylic acids is 1. The molecule has 1 aliphatic rings. The molecule has 1 fully saturated rings. The average Bonchev–Trinajstić information content (AvgIpc) is 2.62. The molecule has 2 aromatic rings. The van der Waals surface area contributed by atoms with E-state index in [4.69, 9.17) is 0 Å². The monoisotopic (exact) mass is 358 g/mol. The molecule has 0 aromatic carbocycles. The highest BCUT2D eigenvalue weighted by Crippen LogP contribution is 2.22. The first-order chi connectivity index (χ1) is 12.1. The molecular formula is C17H22N6OS. The Morgan fingerprint density at radius 2 is 2.08 bits per heavy atom. The Morgan fingerprint density at radius 1 is 1.28 bits per heavy atom. The summed E-state index contributed by atoms with van der Waals surface area (Å²) in [5, 5.41) is 11.6. The highest BCUT2D eigenvalue weighted by atomic mass is 32.2. The Bertz CT molecular complexity index is 715. The van der Waals surface area contributed by atoms with E-state index in [2.05, 4.69) is 37.3 Å². The van der Waals surface area contributed by atoms with Crippen LogP contribution in [0, 0.1) is 12.8 Å². The van der Waals surface area contributed by atoms with Crippen molar-refractivity contribution in [2.75, 3.05) is 29.1 Å². The van der Waals surface area contributed by atoms with E-state index >= 15 is 0 Å². The van der Waals surface area contributed by atoms with Crippen molar-refractivity contribution in [3.8, 4) is 0 Å². The molecule has 0 atom stereocenters. The Kier molecular flexibility index (Phi) is 5.80. The number of aromatic nitrogens is 4. The summed E-state index contributed by atoms with van der Waals surface area (Å²) in [6.45, 7) is 6.14. The van der Waals surface area contributed by atoms with Gasteiger partial charge in [-0.25, -0.2) is 9.97 Å². The topological polar surface area (TPSA) is 83.9 Å². The largest absolute Gasteiger partial charge is 0.356 e. The zero-order chi connectivity index (χ0) is 17.6. The fourth-order valence-electron chi connectivity index (χ4n) is 2.61. The molecule has 0 saturated carbocycles. The number of rotatable bonds is 5. The molecule has 8 heteroatoms. The number of nitrogens with one attached hydrogen (secondary N) is 1. The van der Waals surface area contributed by atoms with E-state index in [1.165, 1.54) is 30.9 Å². The van der Waals surface area contributed by atoms with Crippen LogP contribution in [0.15, 0.2) is 29.6 Å². The minimum absolute atomic E-state index is 0.121. The molecule has 25 heavy (non-hydrogen) atoms. The van der Waals surface area contributed by atoms with Crippen LogP contribution in [0.3, 0.4) is 0 Å². The first kappa shape index (κ1) is 17.6. The van der Waals surface area contributed by atoms with Crippen LogP contribution in [0.5, 0.6) is 0 Å². The summed E-state index contributed by atoms with van der Waals surface area (Å²) in [5.74, 6) is 2.31. The number of hydrogen-bond acceptors (Lipinski definition) is 7. The van der Waals surface area contributed by atoms with Crippen LogP contribution in [0.25, 0.3) is 0 Å². The summed E-state index contributed by atoms with van der Waals surface area (Å²) in [6.07, 6.45) is 3.83. The number of anilines is 2. The third-order valence-electron chi connectivity index (χ3n) is 4.15. The van der Waals surface area contributed by atoms with Crippen molar-refractivity contribution >= 4 is 29.3 Å². The van der Waals surface area contributed by atoms with E-state index in [0.717, 1.165) is 35.5 Å². The SMILES string of the molecule is Cc1ccc(SCC(=O)Nc2cc(N3CCC(C)CC3)ncn2)nn1. The molecule has 7 nitrogen and oxygen atoms in total. The number of piperidine rings is 1. The average molecular weight is 358 g/mol. The lowest BCUT2D eigenvalue weighted by Crippen LogP contribution is -2.33. The zero-order valence-corrected chi connectivity index (χ0v) is 15.3. The minimum atomic E-state index is -0.121. The van der Waals surface area contributed by atoms with Crippen LogP contribution in [0.2, 0.25) is 0 Å². The third-order valence-corrected chi connectivity index (χ3v) is 5.07. The highest BCUT2D eigenvalue weighted by Gasteiger charge is 2.17. The van der Waals surface area contributed by atoms with Crippen molar-refractivity contribution in [1.29, 1.82) is 0 Å². The molecule has 2 aromatic heterocycles. The second-order valence-electron chi connectivity index (χ2n) is 6.28. The van der Waals surface area contributed by atoms with E-state index in [-0.39, 0.29) is 11.7 Å². The Morgan fingerprint density at radius 3 is 2.80 bits per heavy atom. The van der Waals surface area contributed by atoms with Gasteiger partial charge in [0, 0.05) is 19.2 Å². The van der Waals surface area contributed by atoms with E-state index in [1.54, 1.807) is 0 Å². The van der Waals surface area contributed by atoms with Crippen molar-refractivity contribution in [1.82, 2.24) is 20.2 Å². The van der Waals surface area contributed by atoms with Crippen LogP contribution in [0.1, 0.15) is 25.5 Å². The molecule has 0 radical (unpaired) electrons. The second-order valence-corrected chi connectivity index (χ2v) is 7.28. The number of carbonyl (C=O) groups is 1. The maximum absolute atomic E-state index is 12.1. The highest BCUT2D eigenvalue weighted by molar-refractivity contribution is 7.99. The van der Waals surface area contributed by atoms with Gasteiger partial charge in [0.25, 0.3) is 0 Å². The molecule has 3 heterocycles. The van der Waals surface area contributed by atoms with Crippen molar-refractivity contribution in [3.05, 3.63) is 30.2 Å². The maximum Gasteiger partial charge on any atom is 0.235 e. The number of aryl methyl sites for hydroxylation is 1. The van der Waals surface area contributed by atoms with E-state index in [0.29, 0.717) is 5.82 Å². The Hall–Kier alpha value is -2.22. The summed E-state index contributed by atoms with van der Waals surface area (Å²) in [6, 6.07) is 5.58. The van der Waals surface area contributed by atoms with Gasteiger partial charge in [0.05, 0.1) is 11.4 Å². The van der Waals surface area contributed by atoms with Gasteiger partial charge >= 0.3 is 0 Å². The second kappa shape index (κ2) is 8.24. The lowest BCUT2D eigenvalue weighted by Gasteiger charge is -2.31. The molecule has 0 unspecified atom stereocenters. The molecule has 0 bridgehead atoms. The van der Waals surface area contributed by atoms with Gasteiger partial charge in [0.15, 0.2) is 0 Å². The zero-order valence-electron chi connectivity index (χ0n) is 14.5. The van der Waals surface area contributed by atoms with Crippen molar-refractivity contribution < 1.29 is 4.79 Å². The number of thioether (sulfide) groups is 1. The van der Waals surface area contributed by atoms with Crippen molar-refractivity contribution in [2.45, 2.75) is 31.7 Å². The van der Waals surface area contributed by atoms with E-state index < -0.39 is 0 Å². The normalized spacial score (nSPS) is 15.2. The molecule has 1 aliphatic heterocycles. The van der Waals surface area contributed by atoms with E-state index in [9.17, 15) is 4.79 Å². The first-order valence-electron chi connectivity index (χ1n) is 8.40. The lowest BCUT2D eigenvalue weighted by atomic mass is 9.99. The maximum atomic E-state index is 12.1. The molecule has 1 saturated heterocycles. The third kappa shape index (κ3) is 5.12. The number of nitrogens with zero attached hydrogens (tertiary/aromatic N) is 5. The molecule has 132 valence electrons. The summed E-state index contributed by atoms with van der Waals surface area (Å²) in [5.41, 5.74) is 0.856. The van der Waals surface area contributed by atoms with Gasteiger partial charge in [-0.2, -0.15) is 5.10 Å². The molecule has 1 amide bonds. The summed E-state index contributed by atoms with van der Waals surface area (Å²) in [4.78, 5) is 22.9. The van der Waals surface area contributed by atoms with Crippen molar-refractivity contribution in [3.63, 3.8) is 0 Å². The minimum Gasteiger partial charge on any atom is -0.356 e. The van der Waals surface area contributed by atoms with Gasteiger partial charge in [-0.3, -0.25) is 4.79 Å². The van der Waals surface area contributed by atoms with Crippen LogP contribution in [-0.2, 0) is 4.79 Å². The molecule has 3 rings (SSSR count). The Labute approximate surface area is 151 Å². The summed E-state index contributed by atoms with van der Waals surface area (Å²) < 4.78 is 0. The van der Waals surface area contributed by atoms with Gasteiger partial charge in [0.2, 0.25) is 5.91 Å². The number of hydrogen-bond donors (Lipinski definition) is 1. The fraction of sp³-hybridized carbons (Fsp3) is 0.471. The predicted molar refractivity (Wildman–Crippen MR) is 98.8 cm³/mol. The van der Waals surface area contributed by atoms with Crippen molar-refractivity contribution in [2.24, 2.45) is 5.92 Å². The predicted octanol–water partition coefficient (Wildman–Crippen LogP) is 2.54. The molecular weight excluding hydrogens is 336 g/mol. The van der Waals surface area contributed by atoms with Crippen LogP contribution < -0.4 is 10.2 Å². The number of amides is 1. The quantitative estimate of drug-likeness (QED) is 0.822. The fourth-order valence-corrected chi connectivity index (χ4v) is 3.22. The molecule has 0 aliphatic carbocycles. The Balaban J connectivity index is 1.54. The lowest BCUT2D eigenvalue weighted by molar-refractivity contribution is -0.113. The summed E-state index contributed by atoms with van der Waals surface area (Å²) in [7, 11) is 0. The van der Waals surface area contributed by atoms with Crippen LogP contribution in [-0.4, -0.2) is 44.9 Å². The van der Waals surface area contributed by atoms with Gasteiger partial charge in [-0.15, -0.1) is 5.10 Å². The smallest absolute Gasteiger partial charge is 0.235 e. The van der Waals surface area contributed by atoms with Gasteiger partial charge in [-0.1, -0.05) is 18.7 Å². The van der Waals surface area contributed by atoms with E-state index in [1.807, 2.05) is 25.1 Å². The summed E-state index contributed by atoms with van der Waals surface area (Å²) >= 11 is 1.35. The van der Waals surface area contributed by atoms with Crippen LogP contribution >= 0.6 is 11.8 Å². The standard InChI is InChI=1S/C17H22N6OS/c1-12-5-7-23(8-6-12)15-9-14(18-11-19-15)20-16(24)10-25-17-4-3-13(2)21-22-17/h3-4,9,11-12H,5-8,10H2,1-2H3,(H,18,19,20,24). The van der Waals surface area contributed by atoms with Gasteiger partial charge in [-0.05, 0) is 37.8 Å².